The van der Waals surface area contributed by atoms with Gasteiger partial charge in [-0.05, 0) is 43.7 Å². The van der Waals surface area contributed by atoms with E-state index in [1.54, 1.807) is 0 Å². The van der Waals surface area contributed by atoms with Crippen molar-refractivity contribution in [2.45, 2.75) is 39.2 Å². The number of carbonyl (C=O) groups excluding carboxylic acids is 1. The van der Waals surface area contributed by atoms with Gasteiger partial charge in [-0.2, -0.15) is 0 Å². The molecule has 2 aromatic rings. The average molecular weight is 338 g/mol. The number of nitrogens with zero attached hydrogens (tertiary/aromatic N) is 1. The molecule has 2 aliphatic heterocycles. The SMILES string of the molecule is CC=C1CN2CCc3c([nH]c4ccccc34)C2CC1CCOC(C)=O. The van der Waals surface area contributed by atoms with E-state index in [0.717, 1.165) is 32.4 Å². The number of hydrogen-bond donors (Lipinski definition) is 1. The number of H-pyrrole nitrogens is 1. The normalized spacial score (nSPS) is 25.0. The first kappa shape index (κ1) is 16.4. The molecule has 0 spiro atoms. The molecule has 2 aliphatic rings. The van der Waals surface area contributed by atoms with Gasteiger partial charge in [0, 0.05) is 36.6 Å². The van der Waals surface area contributed by atoms with E-state index in [-0.39, 0.29) is 5.97 Å². The largest absolute Gasteiger partial charge is 0.466 e. The van der Waals surface area contributed by atoms with E-state index in [1.165, 1.54) is 34.7 Å². The van der Waals surface area contributed by atoms with Crippen LogP contribution < -0.4 is 0 Å². The van der Waals surface area contributed by atoms with Crippen molar-refractivity contribution in [3.63, 3.8) is 0 Å². The number of allylic oxidation sites excluding steroid dienone is 1. The molecule has 1 aromatic carbocycles. The van der Waals surface area contributed by atoms with Crippen molar-refractivity contribution in [2.75, 3.05) is 19.7 Å². The lowest BCUT2D eigenvalue weighted by Crippen LogP contribution is -2.42. The monoisotopic (exact) mass is 338 g/mol. The van der Waals surface area contributed by atoms with Crippen molar-refractivity contribution in [3.8, 4) is 0 Å². The van der Waals surface area contributed by atoms with Crippen LogP contribution in [-0.4, -0.2) is 35.5 Å². The molecule has 4 nitrogen and oxygen atoms in total. The Morgan fingerprint density at radius 1 is 1.40 bits per heavy atom. The van der Waals surface area contributed by atoms with Crippen molar-refractivity contribution in [1.29, 1.82) is 0 Å². The number of para-hydroxylation sites is 1. The number of nitrogens with one attached hydrogen (secondary N) is 1. The maximum atomic E-state index is 11.1. The minimum Gasteiger partial charge on any atom is -0.466 e. The fraction of sp³-hybridized carbons (Fsp3) is 0.476. The minimum atomic E-state index is -0.185. The van der Waals surface area contributed by atoms with Crippen LogP contribution in [0, 0.1) is 5.92 Å². The number of rotatable bonds is 3. The van der Waals surface area contributed by atoms with E-state index < -0.39 is 0 Å². The second-order valence-electron chi connectivity index (χ2n) is 7.22. The molecule has 4 rings (SSSR count). The molecule has 1 N–H and O–H groups in total. The number of esters is 1. The van der Waals surface area contributed by atoms with E-state index in [0.29, 0.717) is 18.6 Å². The smallest absolute Gasteiger partial charge is 0.302 e. The quantitative estimate of drug-likeness (QED) is 0.680. The lowest BCUT2D eigenvalue weighted by molar-refractivity contribution is -0.141. The van der Waals surface area contributed by atoms with Crippen molar-refractivity contribution in [2.24, 2.45) is 5.92 Å². The summed E-state index contributed by atoms with van der Waals surface area (Å²) in [5.41, 5.74) is 5.64. The standard InChI is InChI=1S/C21H26N2O2/c1-3-15-13-23-10-8-18-17-6-4-5-7-19(17)22-21(18)20(23)12-16(15)9-11-25-14(2)24/h3-7,16,20,22H,8-13H2,1-2H3. The Labute approximate surface area is 148 Å². The van der Waals surface area contributed by atoms with Crippen LogP contribution in [-0.2, 0) is 16.0 Å². The van der Waals surface area contributed by atoms with Crippen molar-refractivity contribution < 1.29 is 9.53 Å². The van der Waals surface area contributed by atoms with Crippen LogP contribution >= 0.6 is 0 Å². The van der Waals surface area contributed by atoms with Crippen LogP contribution in [0.15, 0.2) is 35.9 Å². The number of aromatic amines is 1. The van der Waals surface area contributed by atoms with Gasteiger partial charge in [0.15, 0.2) is 0 Å². The van der Waals surface area contributed by atoms with Gasteiger partial charge in [-0.3, -0.25) is 9.69 Å². The molecule has 0 aliphatic carbocycles. The van der Waals surface area contributed by atoms with Crippen LogP contribution in [0.3, 0.4) is 0 Å². The van der Waals surface area contributed by atoms with Crippen LogP contribution in [0.5, 0.6) is 0 Å². The molecular formula is C21H26N2O2. The molecule has 132 valence electrons. The summed E-state index contributed by atoms with van der Waals surface area (Å²) in [5, 5.41) is 1.38. The predicted molar refractivity (Wildman–Crippen MR) is 99.4 cm³/mol. The van der Waals surface area contributed by atoms with Gasteiger partial charge in [-0.25, -0.2) is 0 Å². The topological polar surface area (TPSA) is 45.3 Å². The first-order valence-corrected chi connectivity index (χ1v) is 9.29. The zero-order chi connectivity index (χ0) is 17.4. The van der Waals surface area contributed by atoms with Crippen LogP contribution in [0.4, 0.5) is 0 Å². The highest BCUT2D eigenvalue weighted by atomic mass is 16.5. The van der Waals surface area contributed by atoms with Crippen molar-refractivity contribution in [3.05, 3.63) is 47.2 Å². The maximum Gasteiger partial charge on any atom is 0.302 e. The third-order valence-corrected chi connectivity index (χ3v) is 5.83. The van der Waals surface area contributed by atoms with Gasteiger partial charge >= 0.3 is 5.97 Å². The van der Waals surface area contributed by atoms with Gasteiger partial charge in [0.05, 0.1) is 12.6 Å². The van der Waals surface area contributed by atoms with Gasteiger partial charge in [0.1, 0.15) is 0 Å². The number of hydrogen-bond acceptors (Lipinski definition) is 3. The Balaban J connectivity index is 1.61. The second-order valence-corrected chi connectivity index (χ2v) is 7.22. The molecule has 0 radical (unpaired) electrons. The summed E-state index contributed by atoms with van der Waals surface area (Å²) in [6.07, 6.45) is 5.39. The number of benzene rings is 1. The summed E-state index contributed by atoms with van der Waals surface area (Å²) in [5.74, 6) is 0.304. The van der Waals surface area contributed by atoms with E-state index in [9.17, 15) is 4.79 Å². The Bertz CT molecular complexity index is 820. The highest BCUT2D eigenvalue weighted by molar-refractivity contribution is 5.85. The zero-order valence-corrected chi connectivity index (χ0v) is 15.0. The fourth-order valence-electron chi connectivity index (χ4n) is 4.58. The molecule has 2 atom stereocenters. The number of aromatic nitrogens is 1. The summed E-state index contributed by atoms with van der Waals surface area (Å²) < 4.78 is 5.20. The molecule has 0 bridgehead atoms. The highest BCUT2D eigenvalue weighted by Gasteiger charge is 2.37. The second kappa shape index (κ2) is 6.68. The molecule has 2 unspecified atom stereocenters. The van der Waals surface area contributed by atoms with Crippen molar-refractivity contribution >= 4 is 16.9 Å². The molecule has 0 amide bonds. The molecule has 1 aromatic heterocycles. The zero-order valence-electron chi connectivity index (χ0n) is 15.0. The van der Waals surface area contributed by atoms with Crippen LogP contribution in [0.1, 0.15) is 44.0 Å². The number of ether oxygens (including phenoxy) is 1. The summed E-state index contributed by atoms with van der Waals surface area (Å²) in [6.45, 7) is 6.28. The van der Waals surface area contributed by atoms with Gasteiger partial charge in [0.25, 0.3) is 0 Å². The molecule has 25 heavy (non-hydrogen) atoms. The van der Waals surface area contributed by atoms with E-state index in [2.05, 4.69) is 47.1 Å². The van der Waals surface area contributed by atoms with Gasteiger partial charge in [-0.15, -0.1) is 0 Å². The number of carbonyl (C=O) groups is 1. The Morgan fingerprint density at radius 2 is 2.24 bits per heavy atom. The first-order valence-electron chi connectivity index (χ1n) is 9.29. The van der Waals surface area contributed by atoms with E-state index in [1.807, 2.05) is 0 Å². The third kappa shape index (κ3) is 2.99. The predicted octanol–water partition coefficient (Wildman–Crippen LogP) is 3.99. The lowest BCUT2D eigenvalue weighted by atomic mass is 9.80. The average Bonchev–Trinajstić information content (AvgIpc) is 3.00. The maximum absolute atomic E-state index is 11.1. The van der Waals surface area contributed by atoms with Gasteiger partial charge in [0.2, 0.25) is 0 Å². The Kier molecular flexibility index (Phi) is 4.38. The summed E-state index contributed by atoms with van der Waals surface area (Å²) in [7, 11) is 0. The molecule has 4 heteroatoms. The first-order chi connectivity index (χ1) is 12.2. The lowest BCUT2D eigenvalue weighted by Gasteiger charge is -2.43. The van der Waals surface area contributed by atoms with Crippen molar-refractivity contribution in [1.82, 2.24) is 9.88 Å². The summed E-state index contributed by atoms with van der Waals surface area (Å²) in [6, 6.07) is 9.09. The Morgan fingerprint density at radius 3 is 3.04 bits per heavy atom. The summed E-state index contributed by atoms with van der Waals surface area (Å²) >= 11 is 0. The minimum absolute atomic E-state index is 0.185. The van der Waals surface area contributed by atoms with Crippen LogP contribution in [0.2, 0.25) is 0 Å². The fourth-order valence-corrected chi connectivity index (χ4v) is 4.58. The summed E-state index contributed by atoms with van der Waals surface area (Å²) in [4.78, 5) is 17.4. The highest BCUT2D eigenvalue weighted by Crippen LogP contribution is 2.43. The van der Waals surface area contributed by atoms with E-state index in [4.69, 9.17) is 4.74 Å². The molecule has 1 fully saturated rings. The molecular weight excluding hydrogens is 312 g/mol. The number of piperidine rings is 1. The molecule has 3 heterocycles. The molecule has 1 saturated heterocycles. The third-order valence-electron chi connectivity index (χ3n) is 5.83. The van der Waals surface area contributed by atoms with Gasteiger partial charge in [-0.1, -0.05) is 29.8 Å². The Hall–Kier alpha value is -2.07. The number of fused-ring (bicyclic) bond motifs is 5. The van der Waals surface area contributed by atoms with E-state index >= 15 is 0 Å². The van der Waals surface area contributed by atoms with Gasteiger partial charge < -0.3 is 9.72 Å². The van der Waals surface area contributed by atoms with Crippen LogP contribution in [0.25, 0.3) is 10.9 Å². The molecule has 0 saturated carbocycles.